The molecule has 0 spiro atoms. The molecule has 3 nitrogen and oxygen atoms in total. The summed E-state index contributed by atoms with van der Waals surface area (Å²) < 4.78 is 64.9. The number of carboxylic acids is 1. The summed E-state index contributed by atoms with van der Waals surface area (Å²) in [6.45, 7) is -1.16. The summed E-state index contributed by atoms with van der Waals surface area (Å²) in [5.74, 6) is -6.58. The Labute approximate surface area is 117 Å². The van der Waals surface area contributed by atoms with Crippen molar-refractivity contribution in [3.05, 3.63) is 35.4 Å². The zero-order valence-electron chi connectivity index (χ0n) is 10.7. The van der Waals surface area contributed by atoms with Gasteiger partial charge in [-0.2, -0.15) is 13.2 Å². The Morgan fingerprint density at radius 2 is 1.95 bits per heavy atom. The van der Waals surface area contributed by atoms with Gasteiger partial charge in [-0.15, -0.1) is 0 Å². The average molecular weight is 309 g/mol. The zero-order valence-corrected chi connectivity index (χ0v) is 10.7. The van der Waals surface area contributed by atoms with E-state index < -0.39 is 42.2 Å². The molecular weight excluding hydrogens is 297 g/mol. The lowest BCUT2D eigenvalue weighted by Crippen LogP contribution is -2.33. The number of nitrogens with zero attached hydrogens (tertiary/aromatic N) is 1. The van der Waals surface area contributed by atoms with Gasteiger partial charge < -0.3 is 5.11 Å². The van der Waals surface area contributed by atoms with Crippen molar-refractivity contribution in [2.45, 2.75) is 12.7 Å². The third-order valence-electron chi connectivity index (χ3n) is 3.53. The van der Waals surface area contributed by atoms with E-state index in [1.165, 1.54) is 4.90 Å². The summed E-state index contributed by atoms with van der Waals surface area (Å²) in [5, 5.41) is 8.87. The lowest BCUT2D eigenvalue weighted by molar-refractivity contribution is -0.188. The predicted octanol–water partition coefficient (Wildman–Crippen LogP) is 2.66. The molecule has 1 aliphatic heterocycles. The second kappa shape index (κ2) is 5.59. The van der Waals surface area contributed by atoms with Crippen LogP contribution in [0.1, 0.15) is 5.56 Å². The number of benzene rings is 1. The first-order chi connectivity index (χ1) is 9.68. The molecule has 0 aliphatic carbocycles. The Morgan fingerprint density at radius 1 is 1.29 bits per heavy atom. The van der Waals surface area contributed by atoms with Gasteiger partial charge in [0.15, 0.2) is 0 Å². The SMILES string of the molecule is O=C(O)[C@@H]1CN(Cc2cc(F)ccc2F)C[C@H]1C(F)(F)F. The Bertz CT molecular complexity index is 546. The van der Waals surface area contributed by atoms with E-state index in [0.29, 0.717) is 0 Å². The molecule has 0 radical (unpaired) electrons. The maximum Gasteiger partial charge on any atom is 0.393 e. The van der Waals surface area contributed by atoms with Gasteiger partial charge in [0.2, 0.25) is 0 Å². The Morgan fingerprint density at radius 3 is 2.48 bits per heavy atom. The van der Waals surface area contributed by atoms with Crippen molar-refractivity contribution in [2.24, 2.45) is 11.8 Å². The van der Waals surface area contributed by atoms with Crippen molar-refractivity contribution < 1.29 is 31.9 Å². The van der Waals surface area contributed by atoms with Crippen LogP contribution in [0.15, 0.2) is 18.2 Å². The molecule has 1 aliphatic rings. The lowest BCUT2D eigenvalue weighted by atomic mass is 9.96. The van der Waals surface area contributed by atoms with Gasteiger partial charge in [0.1, 0.15) is 11.6 Å². The van der Waals surface area contributed by atoms with Crippen LogP contribution in [0, 0.1) is 23.5 Å². The van der Waals surface area contributed by atoms with E-state index in [-0.39, 0.29) is 18.7 Å². The van der Waals surface area contributed by atoms with Crippen molar-refractivity contribution in [3.63, 3.8) is 0 Å². The van der Waals surface area contributed by atoms with Crippen LogP contribution in [0.25, 0.3) is 0 Å². The Balaban J connectivity index is 2.16. The largest absolute Gasteiger partial charge is 0.481 e. The zero-order chi connectivity index (χ0) is 15.8. The number of aliphatic carboxylic acids is 1. The van der Waals surface area contributed by atoms with E-state index in [0.717, 1.165) is 18.2 Å². The van der Waals surface area contributed by atoms with Gasteiger partial charge in [-0.05, 0) is 18.2 Å². The van der Waals surface area contributed by atoms with Gasteiger partial charge in [0.05, 0.1) is 11.8 Å². The molecule has 21 heavy (non-hydrogen) atoms. The van der Waals surface area contributed by atoms with Gasteiger partial charge in [0.25, 0.3) is 0 Å². The van der Waals surface area contributed by atoms with Crippen LogP contribution in [0.5, 0.6) is 0 Å². The summed E-state index contributed by atoms with van der Waals surface area (Å²) in [4.78, 5) is 12.1. The summed E-state index contributed by atoms with van der Waals surface area (Å²) in [7, 11) is 0. The molecule has 8 heteroatoms. The van der Waals surface area contributed by atoms with Gasteiger partial charge in [-0.25, -0.2) is 8.78 Å². The van der Waals surface area contributed by atoms with Gasteiger partial charge in [0, 0.05) is 25.2 Å². The first-order valence-electron chi connectivity index (χ1n) is 6.14. The standard InChI is InChI=1S/C13H12F5NO2/c14-8-1-2-11(15)7(3-8)4-19-5-9(12(20)21)10(6-19)13(16,17)18/h1-3,9-10H,4-6H2,(H,20,21)/t9-,10-/m1/s1. The first kappa shape index (κ1) is 15.7. The van der Waals surface area contributed by atoms with Crippen molar-refractivity contribution in [2.75, 3.05) is 13.1 Å². The fraction of sp³-hybridized carbons (Fsp3) is 0.462. The number of carbonyl (C=O) groups is 1. The molecule has 0 aromatic heterocycles. The second-order valence-corrected chi connectivity index (χ2v) is 5.02. The molecule has 1 heterocycles. The van der Waals surface area contributed by atoms with Crippen molar-refractivity contribution in [3.8, 4) is 0 Å². The summed E-state index contributed by atoms with van der Waals surface area (Å²) in [6, 6.07) is 2.68. The van der Waals surface area contributed by atoms with Crippen molar-refractivity contribution in [1.82, 2.24) is 4.90 Å². The van der Waals surface area contributed by atoms with Crippen LogP contribution in [-0.2, 0) is 11.3 Å². The van der Waals surface area contributed by atoms with Crippen LogP contribution >= 0.6 is 0 Å². The highest BCUT2D eigenvalue weighted by atomic mass is 19.4. The third-order valence-corrected chi connectivity index (χ3v) is 3.53. The average Bonchev–Trinajstić information content (AvgIpc) is 2.78. The van der Waals surface area contributed by atoms with E-state index in [1.54, 1.807) is 0 Å². The van der Waals surface area contributed by atoms with E-state index in [9.17, 15) is 26.7 Å². The van der Waals surface area contributed by atoms with Crippen LogP contribution in [0.3, 0.4) is 0 Å². The van der Waals surface area contributed by atoms with Crippen molar-refractivity contribution >= 4 is 5.97 Å². The molecule has 0 unspecified atom stereocenters. The van der Waals surface area contributed by atoms with Crippen molar-refractivity contribution in [1.29, 1.82) is 0 Å². The highest BCUT2D eigenvalue weighted by molar-refractivity contribution is 5.71. The number of hydrogen-bond acceptors (Lipinski definition) is 2. The quantitative estimate of drug-likeness (QED) is 0.873. The molecule has 2 atom stereocenters. The topological polar surface area (TPSA) is 40.5 Å². The van der Waals surface area contributed by atoms with Crippen LogP contribution in [0.2, 0.25) is 0 Å². The second-order valence-electron chi connectivity index (χ2n) is 5.02. The molecule has 1 N–H and O–H groups in total. The van der Waals surface area contributed by atoms with Gasteiger partial charge in [-0.3, -0.25) is 9.69 Å². The minimum absolute atomic E-state index is 0.0954. The third kappa shape index (κ3) is 3.49. The van der Waals surface area contributed by atoms with Crippen LogP contribution in [0.4, 0.5) is 22.0 Å². The summed E-state index contributed by atoms with van der Waals surface area (Å²) in [6.07, 6.45) is -4.64. The Kier molecular flexibility index (Phi) is 4.18. The molecule has 116 valence electrons. The first-order valence-corrected chi connectivity index (χ1v) is 6.14. The maximum atomic E-state index is 13.5. The maximum absolute atomic E-state index is 13.5. The molecule has 0 bridgehead atoms. The number of alkyl halides is 3. The van der Waals surface area contributed by atoms with E-state index >= 15 is 0 Å². The minimum Gasteiger partial charge on any atom is -0.481 e. The fourth-order valence-electron chi connectivity index (χ4n) is 2.50. The molecule has 2 rings (SSSR count). The molecule has 1 saturated heterocycles. The van der Waals surface area contributed by atoms with Crippen LogP contribution < -0.4 is 0 Å². The van der Waals surface area contributed by atoms with Crippen LogP contribution in [-0.4, -0.2) is 35.2 Å². The number of hydrogen-bond donors (Lipinski definition) is 1. The Hall–Kier alpha value is -1.70. The molecule has 0 saturated carbocycles. The minimum atomic E-state index is -4.64. The monoisotopic (exact) mass is 309 g/mol. The number of likely N-dealkylation sites (tertiary alicyclic amines) is 1. The number of halogens is 5. The predicted molar refractivity (Wildman–Crippen MR) is 62.3 cm³/mol. The normalized spacial score (nSPS) is 23.5. The van der Waals surface area contributed by atoms with E-state index in [2.05, 4.69) is 0 Å². The fourth-order valence-corrected chi connectivity index (χ4v) is 2.50. The lowest BCUT2D eigenvalue weighted by Gasteiger charge is -2.18. The number of rotatable bonds is 3. The summed E-state index contributed by atoms with van der Waals surface area (Å²) in [5.41, 5.74) is -0.0954. The number of carboxylic acid groups (broad SMARTS) is 1. The van der Waals surface area contributed by atoms with E-state index in [4.69, 9.17) is 5.11 Å². The van der Waals surface area contributed by atoms with Gasteiger partial charge in [-0.1, -0.05) is 0 Å². The molecule has 1 fully saturated rings. The molecule has 0 amide bonds. The smallest absolute Gasteiger partial charge is 0.393 e. The molecule has 1 aromatic carbocycles. The van der Waals surface area contributed by atoms with E-state index in [1.807, 2.05) is 0 Å². The summed E-state index contributed by atoms with van der Waals surface area (Å²) >= 11 is 0. The highest BCUT2D eigenvalue weighted by Crippen LogP contribution is 2.38. The molecular formula is C13H12F5NO2. The van der Waals surface area contributed by atoms with Gasteiger partial charge >= 0.3 is 12.1 Å². The highest BCUT2D eigenvalue weighted by Gasteiger charge is 2.52. The molecule has 1 aromatic rings.